The maximum atomic E-state index is 6.01. The van der Waals surface area contributed by atoms with Crippen LogP contribution in [0.2, 0.25) is 0 Å². The highest BCUT2D eigenvalue weighted by Crippen LogP contribution is 2.42. The summed E-state index contributed by atoms with van der Waals surface area (Å²) in [5.41, 5.74) is 7.88. The van der Waals surface area contributed by atoms with E-state index in [-0.39, 0.29) is 0 Å². The van der Waals surface area contributed by atoms with Gasteiger partial charge in [-0.2, -0.15) is 0 Å². The van der Waals surface area contributed by atoms with Gasteiger partial charge in [-0.3, -0.25) is 0 Å². The van der Waals surface area contributed by atoms with Crippen LogP contribution in [0.5, 0.6) is 11.5 Å². The standard InChI is InChI=1S/C29H29NO2/c1-31-26-14-16-28-24(21-26)11-15-27(22-7-3-2-4-8-22)29(28)23-9-12-25(13-10-23)32-20-19-30-17-5-6-18-30/h2-5,7-10,12-14,16-17,21H,6,11,15,18-20H2,1H3. The zero-order valence-corrected chi connectivity index (χ0v) is 18.6. The minimum Gasteiger partial charge on any atom is -0.497 e. The molecule has 0 radical (unpaired) electrons. The van der Waals surface area contributed by atoms with Crippen LogP contribution in [0.1, 0.15) is 35.1 Å². The van der Waals surface area contributed by atoms with E-state index in [1.807, 2.05) is 0 Å². The molecule has 1 heterocycles. The van der Waals surface area contributed by atoms with Crippen LogP contribution in [0.25, 0.3) is 11.1 Å². The molecule has 0 amide bonds. The van der Waals surface area contributed by atoms with E-state index in [9.17, 15) is 0 Å². The molecule has 3 aromatic carbocycles. The summed E-state index contributed by atoms with van der Waals surface area (Å²) in [5, 5.41) is 0. The molecule has 2 aliphatic rings. The Balaban J connectivity index is 1.45. The second-order valence-corrected chi connectivity index (χ2v) is 8.32. The predicted molar refractivity (Wildman–Crippen MR) is 131 cm³/mol. The minimum absolute atomic E-state index is 0.699. The number of aryl methyl sites for hydroxylation is 1. The molecule has 162 valence electrons. The Morgan fingerprint density at radius 2 is 1.66 bits per heavy atom. The number of allylic oxidation sites excluding steroid dienone is 1. The molecule has 1 aliphatic carbocycles. The second kappa shape index (κ2) is 9.35. The maximum Gasteiger partial charge on any atom is 0.119 e. The monoisotopic (exact) mass is 423 g/mol. The number of nitrogens with zero attached hydrogens (tertiary/aromatic N) is 1. The third kappa shape index (κ3) is 4.29. The van der Waals surface area contributed by atoms with Gasteiger partial charge in [0.05, 0.1) is 13.7 Å². The summed E-state index contributed by atoms with van der Waals surface area (Å²) in [5.74, 6) is 1.84. The van der Waals surface area contributed by atoms with Crippen LogP contribution in [0.4, 0.5) is 0 Å². The van der Waals surface area contributed by atoms with Crippen molar-refractivity contribution in [1.29, 1.82) is 0 Å². The van der Waals surface area contributed by atoms with Crippen LogP contribution in [0, 0.1) is 0 Å². The van der Waals surface area contributed by atoms with Crippen molar-refractivity contribution in [3.05, 3.63) is 107 Å². The summed E-state index contributed by atoms with van der Waals surface area (Å²) in [7, 11) is 1.73. The summed E-state index contributed by atoms with van der Waals surface area (Å²) < 4.78 is 11.5. The first-order valence-corrected chi connectivity index (χ1v) is 11.4. The molecule has 0 saturated heterocycles. The fraction of sp³-hybridized carbons (Fsp3) is 0.241. The van der Waals surface area contributed by atoms with Gasteiger partial charge >= 0.3 is 0 Å². The Labute approximate surface area is 190 Å². The van der Waals surface area contributed by atoms with Crippen LogP contribution in [-0.2, 0) is 6.42 Å². The highest BCUT2D eigenvalue weighted by atomic mass is 16.5. The van der Waals surface area contributed by atoms with Crippen molar-refractivity contribution in [3.63, 3.8) is 0 Å². The highest BCUT2D eigenvalue weighted by molar-refractivity contribution is 6.00. The first kappa shape index (κ1) is 20.4. The lowest BCUT2D eigenvalue weighted by Crippen LogP contribution is -2.21. The average molecular weight is 424 g/mol. The SMILES string of the molecule is COc1ccc2c(c1)CCC(c1ccccc1)=C2c1ccc(OCCN2C=CCC2)cc1. The zero-order chi connectivity index (χ0) is 21.8. The lowest BCUT2D eigenvalue weighted by molar-refractivity contribution is 0.262. The van der Waals surface area contributed by atoms with Gasteiger partial charge in [0.2, 0.25) is 0 Å². The van der Waals surface area contributed by atoms with Crippen molar-refractivity contribution in [2.45, 2.75) is 19.3 Å². The first-order valence-electron chi connectivity index (χ1n) is 11.4. The van der Waals surface area contributed by atoms with Gasteiger partial charge in [0, 0.05) is 6.54 Å². The van der Waals surface area contributed by atoms with E-state index in [0.717, 1.165) is 43.9 Å². The molecule has 3 nitrogen and oxygen atoms in total. The fourth-order valence-electron chi connectivity index (χ4n) is 4.68. The number of hydrogen-bond acceptors (Lipinski definition) is 3. The molecule has 0 unspecified atom stereocenters. The number of hydrogen-bond donors (Lipinski definition) is 0. The molecule has 1 aliphatic heterocycles. The maximum absolute atomic E-state index is 6.01. The largest absolute Gasteiger partial charge is 0.497 e. The Morgan fingerprint density at radius 3 is 2.41 bits per heavy atom. The number of rotatable bonds is 7. The lowest BCUT2D eigenvalue weighted by Gasteiger charge is -2.25. The molecular weight excluding hydrogens is 394 g/mol. The van der Waals surface area contributed by atoms with E-state index in [4.69, 9.17) is 9.47 Å². The van der Waals surface area contributed by atoms with Gasteiger partial charge in [-0.1, -0.05) is 54.6 Å². The molecule has 0 fully saturated rings. The van der Waals surface area contributed by atoms with Crippen LogP contribution < -0.4 is 9.47 Å². The van der Waals surface area contributed by atoms with Crippen molar-refractivity contribution < 1.29 is 9.47 Å². The number of fused-ring (bicyclic) bond motifs is 1. The highest BCUT2D eigenvalue weighted by Gasteiger charge is 2.22. The Morgan fingerprint density at radius 1 is 0.844 bits per heavy atom. The van der Waals surface area contributed by atoms with Gasteiger partial charge in [0.25, 0.3) is 0 Å². The Bertz CT molecular complexity index is 1130. The summed E-state index contributed by atoms with van der Waals surface area (Å²) in [6.07, 6.45) is 7.55. The van der Waals surface area contributed by atoms with Gasteiger partial charge < -0.3 is 14.4 Å². The molecule has 5 rings (SSSR count). The third-order valence-corrected chi connectivity index (χ3v) is 6.34. The molecule has 3 aromatic rings. The van der Waals surface area contributed by atoms with Gasteiger partial charge in [-0.05, 0) is 83.1 Å². The number of ether oxygens (including phenoxy) is 2. The summed E-state index contributed by atoms with van der Waals surface area (Å²) >= 11 is 0. The van der Waals surface area contributed by atoms with Gasteiger partial charge in [-0.15, -0.1) is 0 Å². The molecule has 0 spiro atoms. The Hall–Kier alpha value is -3.46. The fourth-order valence-corrected chi connectivity index (χ4v) is 4.68. The van der Waals surface area contributed by atoms with E-state index in [1.165, 1.54) is 33.4 Å². The Kier molecular flexibility index (Phi) is 5.98. The predicted octanol–water partition coefficient (Wildman–Crippen LogP) is 6.20. The number of benzene rings is 3. The van der Waals surface area contributed by atoms with Crippen LogP contribution in [-0.4, -0.2) is 31.7 Å². The van der Waals surface area contributed by atoms with Gasteiger partial charge in [-0.25, -0.2) is 0 Å². The van der Waals surface area contributed by atoms with Crippen LogP contribution in [0.15, 0.2) is 85.1 Å². The van der Waals surface area contributed by atoms with Crippen molar-refractivity contribution >= 4 is 11.1 Å². The molecule has 3 heteroatoms. The summed E-state index contributed by atoms with van der Waals surface area (Å²) in [6.45, 7) is 2.73. The quantitative estimate of drug-likeness (QED) is 0.452. The van der Waals surface area contributed by atoms with E-state index >= 15 is 0 Å². The third-order valence-electron chi connectivity index (χ3n) is 6.34. The second-order valence-electron chi connectivity index (χ2n) is 8.32. The first-order chi connectivity index (χ1) is 15.8. The van der Waals surface area contributed by atoms with E-state index in [2.05, 4.69) is 90.0 Å². The van der Waals surface area contributed by atoms with Crippen molar-refractivity contribution in [3.8, 4) is 11.5 Å². The van der Waals surface area contributed by atoms with Crippen molar-refractivity contribution in [1.82, 2.24) is 4.90 Å². The molecule has 0 bridgehead atoms. The molecule has 0 saturated carbocycles. The average Bonchev–Trinajstić information content (AvgIpc) is 3.37. The lowest BCUT2D eigenvalue weighted by atomic mass is 9.79. The van der Waals surface area contributed by atoms with E-state index < -0.39 is 0 Å². The van der Waals surface area contributed by atoms with Gasteiger partial charge in [0.1, 0.15) is 18.1 Å². The van der Waals surface area contributed by atoms with E-state index in [0.29, 0.717) is 6.61 Å². The molecule has 32 heavy (non-hydrogen) atoms. The smallest absolute Gasteiger partial charge is 0.119 e. The van der Waals surface area contributed by atoms with Crippen LogP contribution >= 0.6 is 0 Å². The van der Waals surface area contributed by atoms with E-state index in [1.54, 1.807) is 7.11 Å². The number of methoxy groups -OCH3 is 1. The summed E-state index contributed by atoms with van der Waals surface area (Å²) in [6, 6.07) is 25.8. The molecular formula is C29H29NO2. The van der Waals surface area contributed by atoms with Gasteiger partial charge in [0.15, 0.2) is 0 Å². The molecule has 0 atom stereocenters. The minimum atomic E-state index is 0.699. The molecule has 0 aromatic heterocycles. The van der Waals surface area contributed by atoms with Crippen LogP contribution in [0.3, 0.4) is 0 Å². The normalized spacial score (nSPS) is 15.1. The summed E-state index contributed by atoms with van der Waals surface area (Å²) in [4.78, 5) is 2.30. The van der Waals surface area contributed by atoms with Crippen molar-refractivity contribution in [2.24, 2.45) is 0 Å². The zero-order valence-electron chi connectivity index (χ0n) is 18.6. The van der Waals surface area contributed by atoms with Crippen molar-refractivity contribution in [2.75, 3.05) is 26.8 Å². The topological polar surface area (TPSA) is 21.7 Å². The molecule has 0 N–H and O–H groups in total.